The molecule has 0 aliphatic carbocycles. The van der Waals surface area contributed by atoms with Crippen molar-refractivity contribution in [3.05, 3.63) is 36.4 Å². The average Bonchev–Trinajstić information content (AvgIpc) is 2.47. The van der Waals surface area contributed by atoms with Crippen LogP contribution in [0.15, 0.2) is 36.4 Å². The second-order valence-corrected chi connectivity index (χ2v) is 5.66. The van der Waals surface area contributed by atoms with Crippen molar-refractivity contribution in [2.45, 2.75) is 39.7 Å². The highest BCUT2D eigenvalue weighted by molar-refractivity contribution is 5.60. The summed E-state index contributed by atoms with van der Waals surface area (Å²) in [6, 6.07) is 12.0. The number of aromatic nitrogens is 2. The lowest BCUT2D eigenvalue weighted by molar-refractivity contribution is 0.483. The smallest absolute Gasteiger partial charge is 0.163 e. The first-order valence-electron chi connectivity index (χ1n) is 7.55. The van der Waals surface area contributed by atoms with E-state index < -0.39 is 0 Å². The zero-order chi connectivity index (χ0) is 15.2. The Morgan fingerprint density at radius 1 is 1.14 bits per heavy atom. The first-order valence-corrected chi connectivity index (χ1v) is 7.55. The summed E-state index contributed by atoms with van der Waals surface area (Å²) in [7, 11) is 0. The van der Waals surface area contributed by atoms with Crippen molar-refractivity contribution in [1.29, 1.82) is 0 Å². The first-order chi connectivity index (χ1) is 10.1. The quantitative estimate of drug-likeness (QED) is 0.842. The van der Waals surface area contributed by atoms with E-state index in [1.807, 2.05) is 30.3 Å². The van der Waals surface area contributed by atoms with Gasteiger partial charge in [0.1, 0.15) is 11.6 Å². The Morgan fingerprint density at radius 2 is 1.86 bits per heavy atom. The van der Waals surface area contributed by atoms with Crippen LogP contribution < -0.4 is 11.1 Å². The lowest BCUT2D eigenvalue weighted by Gasteiger charge is -2.18. The van der Waals surface area contributed by atoms with Crippen LogP contribution in [0.5, 0.6) is 0 Å². The highest BCUT2D eigenvalue weighted by atomic mass is 15.1. The lowest BCUT2D eigenvalue weighted by atomic mass is 10.0. The minimum absolute atomic E-state index is 0.359. The fraction of sp³-hybridized carbons (Fsp3) is 0.412. The summed E-state index contributed by atoms with van der Waals surface area (Å²) in [5.74, 6) is 2.63. The Bertz CT molecular complexity index is 568. The summed E-state index contributed by atoms with van der Waals surface area (Å²) in [6.07, 6.45) is 2.30. The van der Waals surface area contributed by atoms with Gasteiger partial charge in [-0.05, 0) is 19.3 Å². The zero-order valence-corrected chi connectivity index (χ0v) is 13.0. The topological polar surface area (TPSA) is 63.8 Å². The van der Waals surface area contributed by atoms with E-state index in [4.69, 9.17) is 5.73 Å². The number of nitrogen functional groups attached to an aromatic ring is 1. The van der Waals surface area contributed by atoms with Crippen LogP contribution in [0, 0.1) is 5.92 Å². The van der Waals surface area contributed by atoms with Gasteiger partial charge in [-0.2, -0.15) is 0 Å². The monoisotopic (exact) mass is 284 g/mol. The van der Waals surface area contributed by atoms with Gasteiger partial charge in [0.25, 0.3) is 0 Å². The average molecular weight is 284 g/mol. The molecule has 3 N–H and O–H groups in total. The second kappa shape index (κ2) is 7.07. The van der Waals surface area contributed by atoms with Gasteiger partial charge in [-0.25, -0.2) is 9.97 Å². The summed E-state index contributed by atoms with van der Waals surface area (Å²) in [4.78, 5) is 8.89. The molecule has 0 saturated heterocycles. The van der Waals surface area contributed by atoms with Gasteiger partial charge < -0.3 is 11.1 Å². The maximum atomic E-state index is 5.91. The molecule has 1 heterocycles. The van der Waals surface area contributed by atoms with E-state index in [1.165, 1.54) is 6.42 Å². The molecule has 2 atom stereocenters. The van der Waals surface area contributed by atoms with E-state index in [-0.39, 0.29) is 0 Å². The molecule has 1 aromatic heterocycles. The molecule has 0 spiro atoms. The Labute approximate surface area is 126 Å². The van der Waals surface area contributed by atoms with Crippen molar-refractivity contribution >= 4 is 11.6 Å². The van der Waals surface area contributed by atoms with Crippen LogP contribution in [0.2, 0.25) is 0 Å². The van der Waals surface area contributed by atoms with Crippen LogP contribution in [0.1, 0.15) is 33.6 Å². The molecule has 0 bridgehead atoms. The van der Waals surface area contributed by atoms with Crippen LogP contribution in [-0.2, 0) is 0 Å². The van der Waals surface area contributed by atoms with Gasteiger partial charge in [0.05, 0.1) is 0 Å². The Hall–Kier alpha value is -2.10. The molecule has 2 aromatic rings. The molecule has 0 aliphatic rings. The predicted octanol–water partition coefficient (Wildman–Crippen LogP) is 3.96. The molecule has 4 nitrogen and oxygen atoms in total. The Kier molecular flexibility index (Phi) is 5.14. The van der Waals surface area contributed by atoms with Gasteiger partial charge in [-0.3, -0.25) is 0 Å². The van der Waals surface area contributed by atoms with Gasteiger partial charge in [-0.1, -0.05) is 50.6 Å². The maximum Gasteiger partial charge on any atom is 0.163 e. The number of anilines is 2. The minimum Gasteiger partial charge on any atom is -0.384 e. The molecule has 2 rings (SSSR count). The molecule has 0 aliphatic heterocycles. The largest absolute Gasteiger partial charge is 0.384 e. The van der Waals surface area contributed by atoms with Crippen LogP contribution >= 0.6 is 0 Å². The molecule has 0 amide bonds. The predicted molar refractivity (Wildman–Crippen MR) is 89.0 cm³/mol. The molecule has 21 heavy (non-hydrogen) atoms. The second-order valence-electron chi connectivity index (χ2n) is 5.66. The molecule has 0 radical (unpaired) electrons. The number of benzene rings is 1. The van der Waals surface area contributed by atoms with Crippen molar-refractivity contribution in [2.24, 2.45) is 5.92 Å². The molecule has 112 valence electrons. The van der Waals surface area contributed by atoms with Crippen molar-refractivity contribution in [2.75, 3.05) is 11.1 Å². The number of nitrogens with one attached hydrogen (secondary N) is 1. The van der Waals surface area contributed by atoms with Gasteiger partial charge in [-0.15, -0.1) is 0 Å². The van der Waals surface area contributed by atoms with Crippen molar-refractivity contribution in [3.8, 4) is 11.4 Å². The molecule has 2 unspecified atom stereocenters. The van der Waals surface area contributed by atoms with Gasteiger partial charge in [0, 0.05) is 17.7 Å². The molecule has 1 aromatic carbocycles. The van der Waals surface area contributed by atoms with E-state index in [0.717, 1.165) is 17.8 Å². The van der Waals surface area contributed by atoms with Gasteiger partial charge in [0.2, 0.25) is 0 Å². The number of nitrogens with two attached hydrogens (primary N) is 1. The normalized spacial score (nSPS) is 13.7. The number of hydrogen-bond donors (Lipinski definition) is 2. The first kappa shape index (κ1) is 15.3. The Morgan fingerprint density at radius 3 is 2.52 bits per heavy atom. The van der Waals surface area contributed by atoms with E-state index in [0.29, 0.717) is 23.6 Å². The molecule has 4 heteroatoms. The summed E-state index contributed by atoms with van der Waals surface area (Å²) in [6.45, 7) is 6.65. The summed E-state index contributed by atoms with van der Waals surface area (Å²) in [5, 5.41) is 3.43. The summed E-state index contributed by atoms with van der Waals surface area (Å²) < 4.78 is 0. The highest BCUT2D eigenvalue weighted by Gasteiger charge is 2.10. The fourth-order valence-electron chi connectivity index (χ4n) is 2.34. The molecular formula is C17H24N4. The van der Waals surface area contributed by atoms with Crippen molar-refractivity contribution < 1.29 is 0 Å². The van der Waals surface area contributed by atoms with E-state index in [9.17, 15) is 0 Å². The third-order valence-electron chi connectivity index (χ3n) is 3.63. The van der Waals surface area contributed by atoms with Crippen LogP contribution in [-0.4, -0.2) is 16.0 Å². The van der Waals surface area contributed by atoms with Crippen LogP contribution in [0.25, 0.3) is 11.4 Å². The molecule has 0 fully saturated rings. The van der Waals surface area contributed by atoms with E-state index >= 15 is 0 Å². The van der Waals surface area contributed by atoms with Crippen molar-refractivity contribution in [1.82, 2.24) is 9.97 Å². The fourth-order valence-corrected chi connectivity index (χ4v) is 2.34. The van der Waals surface area contributed by atoms with Gasteiger partial charge in [0.15, 0.2) is 5.82 Å². The Balaban J connectivity index is 2.16. The SMILES string of the molecule is CCC(C)CC(C)Nc1cc(N)nc(-c2ccccc2)n1. The molecule has 0 saturated carbocycles. The van der Waals surface area contributed by atoms with Crippen molar-refractivity contribution in [3.63, 3.8) is 0 Å². The molecular weight excluding hydrogens is 260 g/mol. The number of rotatable bonds is 6. The highest BCUT2D eigenvalue weighted by Crippen LogP contribution is 2.20. The van der Waals surface area contributed by atoms with E-state index in [2.05, 4.69) is 36.1 Å². The third-order valence-corrected chi connectivity index (χ3v) is 3.63. The van der Waals surface area contributed by atoms with Gasteiger partial charge >= 0.3 is 0 Å². The number of hydrogen-bond acceptors (Lipinski definition) is 4. The van der Waals surface area contributed by atoms with E-state index in [1.54, 1.807) is 6.07 Å². The lowest BCUT2D eigenvalue weighted by Crippen LogP contribution is -2.19. The van der Waals surface area contributed by atoms with Crippen LogP contribution in [0.4, 0.5) is 11.6 Å². The third kappa shape index (κ3) is 4.45. The minimum atomic E-state index is 0.359. The van der Waals surface area contributed by atoms with Crippen LogP contribution in [0.3, 0.4) is 0 Å². The zero-order valence-electron chi connectivity index (χ0n) is 13.0. The number of nitrogens with zero attached hydrogens (tertiary/aromatic N) is 2. The standard InChI is InChI=1S/C17H24N4/c1-4-12(2)10-13(3)19-16-11-15(18)20-17(21-16)14-8-6-5-7-9-14/h5-9,11-13H,4,10H2,1-3H3,(H3,18,19,20,21). The summed E-state index contributed by atoms with van der Waals surface area (Å²) >= 11 is 0. The summed E-state index contributed by atoms with van der Waals surface area (Å²) in [5.41, 5.74) is 6.88. The maximum absolute atomic E-state index is 5.91.